The van der Waals surface area contributed by atoms with E-state index in [4.69, 9.17) is 9.52 Å². The van der Waals surface area contributed by atoms with Gasteiger partial charge in [-0.3, -0.25) is 4.79 Å². The molecule has 0 radical (unpaired) electrons. The molecule has 3 rings (SSSR count). The molecule has 1 aliphatic carbocycles. The summed E-state index contributed by atoms with van der Waals surface area (Å²) in [6.07, 6.45) is 4.23. The molecule has 3 heteroatoms. The van der Waals surface area contributed by atoms with E-state index in [0.717, 1.165) is 16.5 Å². The molecule has 0 unspecified atom stereocenters. The molecule has 1 saturated carbocycles. The second-order valence-electron chi connectivity index (χ2n) is 4.33. The van der Waals surface area contributed by atoms with E-state index in [2.05, 4.69) is 0 Å². The summed E-state index contributed by atoms with van der Waals surface area (Å²) in [5, 5.41) is 9.90. The summed E-state index contributed by atoms with van der Waals surface area (Å²) in [7, 11) is 0. The van der Waals surface area contributed by atoms with Crippen LogP contribution in [0, 0.1) is 0 Å². The summed E-state index contributed by atoms with van der Waals surface area (Å²) in [5.41, 5.74) is 2.85. The van der Waals surface area contributed by atoms with Gasteiger partial charge in [0.05, 0.1) is 12.7 Å². The molecule has 3 nitrogen and oxygen atoms in total. The number of furan rings is 1. The van der Waals surface area contributed by atoms with Crippen LogP contribution in [0.3, 0.4) is 0 Å². The Labute approximate surface area is 92.7 Å². The highest BCUT2D eigenvalue weighted by atomic mass is 16.4. The fourth-order valence-electron chi connectivity index (χ4n) is 2.19. The number of fused-ring (bicyclic) bond motifs is 1. The highest BCUT2D eigenvalue weighted by molar-refractivity contribution is 5.88. The van der Waals surface area contributed by atoms with Gasteiger partial charge in [0, 0.05) is 10.9 Å². The van der Waals surface area contributed by atoms with Crippen LogP contribution in [-0.4, -0.2) is 11.1 Å². The Kier molecular flexibility index (Phi) is 1.99. The molecule has 16 heavy (non-hydrogen) atoms. The minimum Gasteiger partial charge on any atom is -0.481 e. The molecule has 0 aliphatic heterocycles. The van der Waals surface area contributed by atoms with Crippen molar-refractivity contribution >= 4 is 16.9 Å². The molecule has 0 spiro atoms. The summed E-state index contributed by atoms with van der Waals surface area (Å²) in [5.74, 6) is -0.216. The van der Waals surface area contributed by atoms with Gasteiger partial charge in [-0.1, -0.05) is 12.1 Å². The average Bonchev–Trinajstić information content (AvgIpc) is 2.98. The Hall–Kier alpha value is -1.77. The zero-order valence-electron chi connectivity index (χ0n) is 8.77. The first-order valence-electron chi connectivity index (χ1n) is 5.46. The van der Waals surface area contributed by atoms with Crippen LogP contribution in [0.25, 0.3) is 11.0 Å². The van der Waals surface area contributed by atoms with Gasteiger partial charge in [0.1, 0.15) is 5.58 Å². The maximum atomic E-state index is 10.8. The highest BCUT2D eigenvalue weighted by Gasteiger charge is 2.28. The fraction of sp³-hybridized carbons (Fsp3) is 0.308. The largest absolute Gasteiger partial charge is 0.481 e. The molecular weight excluding hydrogens is 204 g/mol. The van der Waals surface area contributed by atoms with Crippen molar-refractivity contribution in [2.45, 2.75) is 25.2 Å². The van der Waals surface area contributed by atoms with Crippen molar-refractivity contribution < 1.29 is 14.3 Å². The van der Waals surface area contributed by atoms with Crippen LogP contribution in [0.2, 0.25) is 0 Å². The van der Waals surface area contributed by atoms with E-state index in [0.29, 0.717) is 5.92 Å². The summed E-state index contributed by atoms with van der Waals surface area (Å²) in [4.78, 5) is 10.8. The van der Waals surface area contributed by atoms with Crippen LogP contribution >= 0.6 is 0 Å². The average molecular weight is 216 g/mol. The van der Waals surface area contributed by atoms with Crippen molar-refractivity contribution in [2.75, 3.05) is 0 Å². The van der Waals surface area contributed by atoms with Crippen LogP contribution in [0.5, 0.6) is 0 Å². The third kappa shape index (κ3) is 1.48. The molecular formula is C13H12O3. The zero-order chi connectivity index (χ0) is 11.1. The Morgan fingerprint density at radius 3 is 2.94 bits per heavy atom. The van der Waals surface area contributed by atoms with E-state index >= 15 is 0 Å². The fourth-order valence-corrected chi connectivity index (χ4v) is 2.19. The molecule has 1 aromatic heterocycles. The van der Waals surface area contributed by atoms with E-state index < -0.39 is 5.97 Å². The quantitative estimate of drug-likeness (QED) is 0.858. The van der Waals surface area contributed by atoms with Crippen molar-refractivity contribution in [3.63, 3.8) is 0 Å². The summed E-state index contributed by atoms with van der Waals surface area (Å²) < 4.78 is 5.48. The van der Waals surface area contributed by atoms with Gasteiger partial charge in [-0.2, -0.15) is 0 Å². The maximum absolute atomic E-state index is 10.8. The van der Waals surface area contributed by atoms with E-state index in [1.54, 1.807) is 6.26 Å². The standard InChI is InChI=1S/C13H12O3/c14-12(15)6-9-2-1-3-11-13(9)10(7-16-11)8-4-5-8/h1-3,7-8H,4-6H2,(H,14,15). The minimum atomic E-state index is -0.796. The van der Waals surface area contributed by atoms with Gasteiger partial charge >= 0.3 is 5.97 Å². The van der Waals surface area contributed by atoms with Gasteiger partial charge in [0.15, 0.2) is 0 Å². The maximum Gasteiger partial charge on any atom is 0.307 e. The lowest BCUT2D eigenvalue weighted by molar-refractivity contribution is -0.136. The van der Waals surface area contributed by atoms with E-state index in [1.165, 1.54) is 18.4 Å². The van der Waals surface area contributed by atoms with Gasteiger partial charge in [-0.05, 0) is 30.4 Å². The smallest absolute Gasteiger partial charge is 0.307 e. The number of benzene rings is 1. The third-order valence-electron chi connectivity index (χ3n) is 3.07. The number of hydrogen-bond donors (Lipinski definition) is 1. The second-order valence-corrected chi connectivity index (χ2v) is 4.33. The molecule has 82 valence electrons. The number of carboxylic acids is 1. The molecule has 1 heterocycles. The summed E-state index contributed by atoms with van der Waals surface area (Å²) in [6.45, 7) is 0. The number of hydrogen-bond acceptors (Lipinski definition) is 2. The lowest BCUT2D eigenvalue weighted by Crippen LogP contribution is -2.00. The summed E-state index contributed by atoms with van der Waals surface area (Å²) >= 11 is 0. The van der Waals surface area contributed by atoms with E-state index in [1.807, 2.05) is 18.2 Å². The predicted molar refractivity (Wildman–Crippen MR) is 59.5 cm³/mol. The number of carbonyl (C=O) groups is 1. The number of aliphatic carboxylic acids is 1. The Morgan fingerprint density at radius 2 is 2.25 bits per heavy atom. The minimum absolute atomic E-state index is 0.0661. The monoisotopic (exact) mass is 216 g/mol. The molecule has 1 aliphatic rings. The first kappa shape index (κ1) is 9.46. The van der Waals surface area contributed by atoms with Crippen LogP contribution in [0.1, 0.15) is 29.9 Å². The predicted octanol–water partition coefficient (Wildman–Crippen LogP) is 2.94. The van der Waals surface area contributed by atoms with Crippen LogP contribution in [0.15, 0.2) is 28.9 Å². The first-order valence-corrected chi connectivity index (χ1v) is 5.46. The highest BCUT2D eigenvalue weighted by Crippen LogP contribution is 2.44. The molecule has 0 bridgehead atoms. The Bertz CT molecular complexity index is 549. The van der Waals surface area contributed by atoms with Gasteiger partial charge in [-0.25, -0.2) is 0 Å². The van der Waals surface area contributed by atoms with Crippen molar-refractivity contribution in [2.24, 2.45) is 0 Å². The van der Waals surface area contributed by atoms with Crippen molar-refractivity contribution in [1.82, 2.24) is 0 Å². The Morgan fingerprint density at radius 1 is 1.44 bits per heavy atom. The normalized spacial score (nSPS) is 15.5. The molecule has 0 atom stereocenters. The van der Waals surface area contributed by atoms with Crippen molar-refractivity contribution in [3.8, 4) is 0 Å². The molecule has 1 fully saturated rings. The number of rotatable bonds is 3. The lowest BCUT2D eigenvalue weighted by atomic mass is 10.0. The molecule has 1 aromatic carbocycles. The van der Waals surface area contributed by atoms with Crippen LogP contribution in [-0.2, 0) is 11.2 Å². The van der Waals surface area contributed by atoms with E-state index in [9.17, 15) is 4.79 Å². The second kappa shape index (κ2) is 3.37. The summed E-state index contributed by atoms with van der Waals surface area (Å²) in [6, 6.07) is 5.62. The topological polar surface area (TPSA) is 50.4 Å². The van der Waals surface area contributed by atoms with Crippen molar-refractivity contribution in [1.29, 1.82) is 0 Å². The first-order chi connectivity index (χ1) is 7.75. The van der Waals surface area contributed by atoms with Gasteiger partial charge in [-0.15, -0.1) is 0 Å². The van der Waals surface area contributed by atoms with Crippen LogP contribution < -0.4 is 0 Å². The van der Waals surface area contributed by atoms with E-state index in [-0.39, 0.29) is 6.42 Å². The number of carboxylic acid groups (broad SMARTS) is 1. The molecule has 1 N–H and O–H groups in total. The van der Waals surface area contributed by atoms with Gasteiger partial charge < -0.3 is 9.52 Å². The molecule has 2 aromatic rings. The third-order valence-corrected chi connectivity index (χ3v) is 3.07. The van der Waals surface area contributed by atoms with Gasteiger partial charge in [0.2, 0.25) is 0 Å². The molecule has 0 amide bonds. The lowest BCUT2D eigenvalue weighted by Gasteiger charge is -2.01. The van der Waals surface area contributed by atoms with Crippen molar-refractivity contribution in [3.05, 3.63) is 35.6 Å². The Balaban J connectivity index is 2.17. The SMILES string of the molecule is O=C(O)Cc1cccc2occ(C3CC3)c12. The van der Waals surface area contributed by atoms with Crippen LogP contribution in [0.4, 0.5) is 0 Å². The van der Waals surface area contributed by atoms with Gasteiger partial charge in [0.25, 0.3) is 0 Å². The zero-order valence-corrected chi connectivity index (χ0v) is 8.77. The molecule has 0 saturated heterocycles.